The van der Waals surface area contributed by atoms with Crippen LogP contribution in [0.25, 0.3) is 0 Å². The highest BCUT2D eigenvalue weighted by atomic mass is 16.7. The highest BCUT2D eigenvalue weighted by Crippen LogP contribution is 2.13. The number of hydrogen-bond acceptors (Lipinski definition) is 6. The maximum Gasteiger partial charge on any atom is 0.306 e. The molecule has 7 heteroatoms. The summed E-state index contributed by atoms with van der Waals surface area (Å²) in [4.78, 5) is 22.8. The molecule has 0 aliphatic carbocycles. The molecular weight excluding hydrogens is 494 g/mol. The predicted molar refractivity (Wildman–Crippen MR) is 160 cm³/mol. The second-order valence-electron chi connectivity index (χ2n) is 11.0. The lowest BCUT2D eigenvalue weighted by Gasteiger charge is -2.16. The summed E-state index contributed by atoms with van der Waals surface area (Å²) in [6.45, 7) is 5.39. The molecule has 39 heavy (non-hydrogen) atoms. The van der Waals surface area contributed by atoms with Gasteiger partial charge in [-0.2, -0.15) is 0 Å². The van der Waals surface area contributed by atoms with Crippen molar-refractivity contribution < 1.29 is 28.9 Å². The number of aliphatic hydroxyl groups excluding tert-OH is 1. The Morgan fingerprint density at radius 2 is 1.15 bits per heavy atom. The maximum atomic E-state index is 12.0. The highest BCUT2D eigenvalue weighted by Gasteiger charge is 2.13. The molecule has 0 fully saturated rings. The first-order valence-electron chi connectivity index (χ1n) is 16.3. The van der Waals surface area contributed by atoms with Gasteiger partial charge >= 0.3 is 5.97 Å². The molecule has 232 valence electrons. The first kappa shape index (κ1) is 37.8. The van der Waals surface area contributed by atoms with E-state index in [0.29, 0.717) is 13.0 Å². The van der Waals surface area contributed by atoms with Gasteiger partial charge in [-0.15, -0.1) is 0 Å². The molecule has 0 aromatic rings. The van der Waals surface area contributed by atoms with Gasteiger partial charge in [0.2, 0.25) is 5.91 Å². The van der Waals surface area contributed by atoms with Crippen molar-refractivity contribution in [3.63, 3.8) is 0 Å². The van der Waals surface area contributed by atoms with E-state index in [2.05, 4.69) is 12.2 Å². The Kier molecular flexibility index (Phi) is 30.4. The number of nitrogens with one attached hydrogen (secondary N) is 1. The summed E-state index contributed by atoms with van der Waals surface area (Å²) < 4.78 is 16.3. The number of carbonyl (C=O) groups is 2. The van der Waals surface area contributed by atoms with Gasteiger partial charge in [-0.1, -0.05) is 122 Å². The van der Waals surface area contributed by atoms with Crippen molar-refractivity contribution in [3.8, 4) is 0 Å². The van der Waals surface area contributed by atoms with Crippen LogP contribution >= 0.6 is 0 Å². The maximum absolute atomic E-state index is 12.0. The SMILES string of the molecule is CCCCCCCCCCCC(=O)O[C@H](CO)COCOCCCCCCCCCCCCCCNC(C)=O. The zero-order valence-electron chi connectivity index (χ0n) is 25.7. The van der Waals surface area contributed by atoms with Crippen LogP contribution in [0.2, 0.25) is 0 Å². The minimum Gasteiger partial charge on any atom is -0.457 e. The molecular formula is C32H63NO6. The van der Waals surface area contributed by atoms with Crippen LogP contribution in [0.1, 0.15) is 155 Å². The number of carbonyl (C=O) groups excluding carboxylic acids is 2. The Balaban J connectivity index is 3.36. The van der Waals surface area contributed by atoms with E-state index in [9.17, 15) is 14.7 Å². The Hall–Kier alpha value is -1.18. The summed E-state index contributed by atoms with van der Waals surface area (Å²) in [5, 5.41) is 12.3. The molecule has 0 rings (SSSR count). The molecule has 0 bridgehead atoms. The van der Waals surface area contributed by atoms with E-state index in [1.54, 1.807) is 6.92 Å². The average Bonchev–Trinajstić information content (AvgIpc) is 2.92. The minimum absolute atomic E-state index is 0.0686. The molecule has 0 aromatic heterocycles. The van der Waals surface area contributed by atoms with Crippen molar-refractivity contribution in [2.24, 2.45) is 0 Å². The summed E-state index contributed by atoms with van der Waals surface area (Å²) in [5.41, 5.74) is 0. The van der Waals surface area contributed by atoms with E-state index in [-0.39, 0.29) is 31.9 Å². The monoisotopic (exact) mass is 557 g/mol. The van der Waals surface area contributed by atoms with Gasteiger partial charge in [0.05, 0.1) is 13.2 Å². The van der Waals surface area contributed by atoms with E-state index in [0.717, 1.165) is 32.2 Å². The Morgan fingerprint density at radius 1 is 0.667 bits per heavy atom. The van der Waals surface area contributed by atoms with E-state index in [1.165, 1.54) is 109 Å². The predicted octanol–water partition coefficient (Wildman–Crippen LogP) is 7.62. The summed E-state index contributed by atoms with van der Waals surface area (Å²) in [7, 11) is 0. The molecule has 0 aliphatic heterocycles. The van der Waals surface area contributed by atoms with Crippen molar-refractivity contribution in [2.45, 2.75) is 161 Å². The molecule has 0 unspecified atom stereocenters. The molecule has 1 atom stereocenters. The second-order valence-corrected chi connectivity index (χ2v) is 11.0. The molecule has 2 N–H and O–H groups in total. The fourth-order valence-corrected chi connectivity index (χ4v) is 4.61. The van der Waals surface area contributed by atoms with E-state index in [4.69, 9.17) is 14.2 Å². The lowest BCUT2D eigenvalue weighted by Crippen LogP contribution is -2.27. The largest absolute Gasteiger partial charge is 0.457 e. The Labute approximate surface area is 240 Å². The van der Waals surface area contributed by atoms with Gasteiger partial charge in [0.15, 0.2) is 0 Å². The zero-order chi connectivity index (χ0) is 28.7. The number of rotatable bonds is 31. The molecule has 0 spiro atoms. The molecule has 0 aliphatic rings. The Morgan fingerprint density at radius 3 is 1.67 bits per heavy atom. The van der Waals surface area contributed by atoms with Crippen LogP contribution in [0.3, 0.4) is 0 Å². The van der Waals surface area contributed by atoms with E-state index < -0.39 is 6.10 Å². The number of unbranched alkanes of at least 4 members (excludes halogenated alkanes) is 19. The molecule has 0 aromatic carbocycles. The third-order valence-corrected chi connectivity index (χ3v) is 7.05. The smallest absolute Gasteiger partial charge is 0.306 e. The van der Waals surface area contributed by atoms with Crippen molar-refractivity contribution in [2.75, 3.05) is 33.2 Å². The van der Waals surface area contributed by atoms with Gasteiger partial charge in [-0.25, -0.2) is 0 Å². The van der Waals surface area contributed by atoms with Crippen molar-refractivity contribution in [1.29, 1.82) is 0 Å². The van der Waals surface area contributed by atoms with Crippen LogP contribution in [0, 0.1) is 0 Å². The molecule has 1 amide bonds. The van der Waals surface area contributed by atoms with Crippen LogP contribution in [0.15, 0.2) is 0 Å². The van der Waals surface area contributed by atoms with Gasteiger partial charge in [0, 0.05) is 26.5 Å². The molecule has 0 saturated heterocycles. The fraction of sp³-hybridized carbons (Fsp3) is 0.938. The summed E-state index contributed by atoms with van der Waals surface area (Å²) in [5.74, 6) is -0.184. The van der Waals surface area contributed by atoms with Crippen LogP contribution in [-0.2, 0) is 23.8 Å². The third-order valence-electron chi connectivity index (χ3n) is 7.05. The highest BCUT2D eigenvalue weighted by molar-refractivity contribution is 5.72. The first-order valence-corrected chi connectivity index (χ1v) is 16.3. The number of ether oxygens (including phenoxy) is 3. The molecule has 7 nitrogen and oxygen atoms in total. The summed E-state index contributed by atoms with van der Waals surface area (Å²) >= 11 is 0. The molecule has 0 heterocycles. The van der Waals surface area contributed by atoms with Crippen molar-refractivity contribution in [1.82, 2.24) is 5.32 Å². The minimum atomic E-state index is -0.616. The lowest BCUT2D eigenvalue weighted by atomic mass is 10.1. The van der Waals surface area contributed by atoms with Gasteiger partial charge in [0.25, 0.3) is 0 Å². The Bertz CT molecular complexity index is 531. The van der Waals surface area contributed by atoms with Gasteiger partial charge < -0.3 is 24.6 Å². The van der Waals surface area contributed by atoms with Crippen molar-refractivity contribution >= 4 is 11.9 Å². The first-order chi connectivity index (χ1) is 19.1. The standard InChI is InChI=1S/C32H63NO6/c1-3-4-5-6-7-12-15-18-21-24-32(36)39-31(27-34)28-38-29-37-26-23-20-17-14-11-9-8-10-13-16-19-22-25-33-30(2)35/h31,34H,3-29H2,1-2H3,(H,33,35)/t31-/m1/s1. The normalized spacial score (nSPS) is 12.0. The van der Waals surface area contributed by atoms with Crippen LogP contribution < -0.4 is 5.32 Å². The van der Waals surface area contributed by atoms with Crippen LogP contribution in [0.4, 0.5) is 0 Å². The fourth-order valence-electron chi connectivity index (χ4n) is 4.61. The molecule has 0 saturated carbocycles. The van der Waals surface area contributed by atoms with Crippen LogP contribution in [0.5, 0.6) is 0 Å². The zero-order valence-corrected chi connectivity index (χ0v) is 25.7. The van der Waals surface area contributed by atoms with E-state index in [1.807, 2.05) is 0 Å². The quantitative estimate of drug-likeness (QED) is 0.0517. The number of hydrogen-bond donors (Lipinski definition) is 2. The molecule has 0 radical (unpaired) electrons. The average molecular weight is 558 g/mol. The number of aliphatic hydroxyl groups is 1. The van der Waals surface area contributed by atoms with E-state index >= 15 is 0 Å². The summed E-state index contributed by atoms with van der Waals surface area (Å²) in [6.07, 6.45) is 25.6. The number of amides is 1. The van der Waals surface area contributed by atoms with Gasteiger partial charge in [-0.3, -0.25) is 9.59 Å². The van der Waals surface area contributed by atoms with Gasteiger partial charge in [0.1, 0.15) is 12.9 Å². The van der Waals surface area contributed by atoms with Gasteiger partial charge in [-0.05, 0) is 19.3 Å². The second kappa shape index (κ2) is 31.3. The third kappa shape index (κ3) is 31.2. The van der Waals surface area contributed by atoms with Crippen molar-refractivity contribution in [3.05, 3.63) is 0 Å². The lowest BCUT2D eigenvalue weighted by molar-refractivity contribution is -0.159. The topological polar surface area (TPSA) is 94.1 Å². The number of esters is 1. The van der Waals surface area contributed by atoms with Crippen LogP contribution in [-0.4, -0.2) is 56.2 Å². The summed E-state index contributed by atoms with van der Waals surface area (Å²) in [6, 6.07) is 0.